The minimum atomic E-state index is 0.124. The Morgan fingerprint density at radius 3 is 2.46 bits per heavy atom. The molecule has 0 bridgehead atoms. The Morgan fingerprint density at radius 1 is 1.38 bits per heavy atom. The van der Waals surface area contributed by atoms with E-state index in [9.17, 15) is 0 Å². The molecule has 1 rings (SSSR count). The van der Waals surface area contributed by atoms with Crippen LogP contribution in [0.5, 0.6) is 6.01 Å². The van der Waals surface area contributed by atoms with E-state index in [-0.39, 0.29) is 6.10 Å². The molecule has 4 heteroatoms. The zero-order chi connectivity index (χ0) is 10.0. The van der Waals surface area contributed by atoms with E-state index in [0.29, 0.717) is 17.9 Å². The van der Waals surface area contributed by atoms with Crippen LogP contribution < -0.4 is 10.5 Å². The molecule has 1 aromatic heterocycles. The maximum absolute atomic E-state index is 5.58. The van der Waals surface area contributed by atoms with Gasteiger partial charge in [-0.1, -0.05) is 0 Å². The lowest BCUT2D eigenvalue weighted by Gasteiger charge is -2.13. The zero-order valence-corrected chi connectivity index (χ0v) is 8.61. The quantitative estimate of drug-likeness (QED) is 0.777. The maximum Gasteiger partial charge on any atom is 0.298 e. The van der Waals surface area contributed by atoms with Gasteiger partial charge in [0.15, 0.2) is 0 Å². The van der Waals surface area contributed by atoms with Gasteiger partial charge in [-0.2, -0.15) is 4.98 Å². The molecule has 0 atom stereocenters. The number of ether oxygens (including phenoxy) is 1. The lowest BCUT2D eigenvalue weighted by molar-refractivity contribution is 0.208. The van der Waals surface area contributed by atoms with Crippen molar-refractivity contribution in [2.75, 3.05) is 5.73 Å². The molecule has 0 saturated carbocycles. The number of imidazole rings is 1. The first-order valence-corrected chi connectivity index (χ1v) is 4.51. The fourth-order valence-corrected chi connectivity index (χ4v) is 1.06. The van der Waals surface area contributed by atoms with Crippen LogP contribution in [0.4, 0.5) is 5.82 Å². The highest BCUT2D eigenvalue weighted by atomic mass is 16.5. The minimum absolute atomic E-state index is 0.124. The second-order valence-electron chi connectivity index (χ2n) is 3.62. The Labute approximate surface area is 78.7 Å². The van der Waals surface area contributed by atoms with E-state index in [1.807, 2.05) is 18.4 Å². The molecule has 0 spiro atoms. The Morgan fingerprint density at radius 2 is 2.00 bits per heavy atom. The standard InChI is InChI=1S/C9H17N3O/c1-6(2)12-5-8(10)11-9(12)13-7(3)4/h5-7H,10H2,1-4H3. The number of nitrogen functional groups attached to an aromatic ring is 1. The predicted octanol–water partition coefficient (Wildman–Crippen LogP) is 1.83. The first-order valence-electron chi connectivity index (χ1n) is 4.51. The van der Waals surface area contributed by atoms with E-state index < -0.39 is 0 Å². The molecule has 0 aromatic carbocycles. The summed E-state index contributed by atoms with van der Waals surface area (Å²) in [5, 5.41) is 0. The molecule has 0 saturated heterocycles. The van der Waals surface area contributed by atoms with E-state index >= 15 is 0 Å². The SMILES string of the molecule is CC(C)Oc1nc(N)cn1C(C)C. The maximum atomic E-state index is 5.58. The van der Waals surface area contributed by atoms with E-state index in [4.69, 9.17) is 10.5 Å². The van der Waals surface area contributed by atoms with Gasteiger partial charge in [0.05, 0.1) is 12.3 Å². The van der Waals surface area contributed by atoms with Crippen molar-refractivity contribution in [2.45, 2.75) is 39.8 Å². The Balaban J connectivity index is 2.91. The van der Waals surface area contributed by atoms with Crippen LogP contribution in [0.2, 0.25) is 0 Å². The summed E-state index contributed by atoms with van der Waals surface area (Å²) in [4.78, 5) is 4.09. The Bertz CT molecular complexity index is 278. The van der Waals surface area contributed by atoms with Gasteiger partial charge in [0.25, 0.3) is 6.01 Å². The van der Waals surface area contributed by atoms with Crippen LogP contribution in [-0.2, 0) is 0 Å². The number of rotatable bonds is 3. The van der Waals surface area contributed by atoms with Crippen LogP contribution in [0.15, 0.2) is 6.20 Å². The van der Waals surface area contributed by atoms with Crippen molar-refractivity contribution in [3.63, 3.8) is 0 Å². The van der Waals surface area contributed by atoms with Crippen LogP contribution in [-0.4, -0.2) is 15.7 Å². The highest BCUT2D eigenvalue weighted by molar-refractivity contribution is 5.28. The molecule has 0 amide bonds. The molecule has 0 aliphatic carbocycles. The van der Waals surface area contributed by atoms with Crippen LogP contribution >= 0.6 is 0 Å². The van der Waals surface area contributed by atoms with E-state index in [1.54, 1.807) is 6.20 Å². The molecular formula is C9H17N3O. The molecule has 1 aromatic rings. The molecule has 1 heterocycles. The monoisotopic (exact) mass is 183 g/mol. The van der Waals surface area contributed by atoms with Crippen LogP contribution in [0.3, 0.4) is 0 Å². The van der Waals surface area contributed by atoms with Gasteiger partial charge < -0.3 is 10.5 Å². The van der Waals surface area contributed by atoms with E-state index in [1.165, 1.54) is 0 Å². The number of hydrogen-bond acceptors (Lipinski definition) is 3. The van der Waals surface area contributed by atoms with Crippen molar-refractivity contribution < 1.29 is 4.74 Å². The van der Waals surface area contributed by atoms with Gasteiger partial charge >= 0.3 is 0 Å². The third-order valence-electron chi connectivity index (χ3n) is 1.61. The summed E-state index contributed by atoms with van der Waals surface area (Å²) < 4.78 is 7.43. The fourth-order valence-electron chi connectivity index (χ4n) is 1.06. The summed E-state index contributed by atoms with van der Waals surface area (Å²) >= 11 is 0. The number of hydrogen-bond donors (Lipinski definition) is 1. The van der Waals surface area contributed by atoms with Crippen molar-refractivity contribution in [2.24, 2.45) is 0 Å². The average Bonchev–Trinajstić information content (AvgIpc) is 2.29. The minimum Gasteiger partial charge on any atom is -0.462 e. The summed E-state index contributed by atoms with van der Waals surface area (Å²) in [6, 6.07) is 0.918. The molecule has 0 fully saturated rings. The normalized spacial score (nSPS) is 11.2. The van der Waals surface area contributed by atoms with Gasteiger partial charge in [-0.05, 0) is 27.7 Å². The van der Waals surface area contributed by atoms with Crippen molar-refractivity contribution in [3.05, 3.63) is 6.20 Å². The molecule has 0 aliphatic rings. The van der Waals surface area contributed by atoms with Crippen LogP contribution in [0, 0.1) is 0 Å². The molecular weight excluding hydrogens is 166 g/mol. The summed E-state index contributed by atoms with van der Waals surface area (Å²) in [7, 11) is 0. The highest BCUT2D eigenvalue weighted by Crippen LogP contribution is 2.19. The molecule has 0 radical (unpaired) electrons. The van der Waals surface area contributed by atoms with Crippen LogP contribution in [0.1, 0.15) is 33.7 Å². The zero-order valence-electron chi connectivity index (χ0n) is 8.61. The van der Waals surface area contributed by atoms with E-state index in [2.05, 4.69) is 18.8 Å². The second kappa shape index (κ2) is 3.68. The number of nitrogens with two attached hydrogens (primary N) is 1. The van der Waals surface area contributed by atoms with Crippen LogP contribution in [0.25, 0.3) is 0 Å². The van der Waals surface area contributed by atoms with Gasteiger partial charge in [0, 0.05) is 6.04 Å². The van der Waals surface area contributed by atoms with Gasteiger partial charge in [0.1, 0.15) is 5.82 Å². The number of nitrogens with zero attached hydrogens (tertiary/aromatic N) is 2. The van der Waals surface area contributed by atoms with Gasteiger partial charge in [-0.25, -0.2) is 0 Å². The topological polar surface area (TPSA) is 53.1 Å². The first-order chi connectivity index (χ1) is 6.00. The number of aromatic nitrogens is 2. The van der Waals surface area contributed by atoms with Crippen molar-refractivity contribution in [1.29, 1.82) is 0 Å². The lowest BCUT2D eigenvalue weighted by atomic mass is 10.4. The van der Waals surface area contributed by atoms with Crippen molar-refractivity contribution in [3.8, 4) is 6.01 Å². The molecule has 0 unspecified atom stereocenters. The molecule has 0 aliphatic heterocycles. The fraction of sp³-hybridized carbons (Fsp3) is 0.667. The predicted molar refractivity (Wildman–Crippen MR) is 52.8 cm³/mol. The Kier molecular flexibility index (Phi) is 2.80. The second-order valence-corrected chi connectivity index (χ2v) is 3.62. The average molecular weight is 183 g/mol. The lowest BCUT2D eigenvalue weighted by Crippen LogP contribution is -2.11. The molecule has 2 N–H and O–H groups in total. The molecule has 13 heavy (non-hydrogen) atoms. The summed E-state index contributed by atoms with van der Waals surface area (Å²) in [5.74, 6) is 0.504. The van der Waals surface area contributed by atoms with Gasteiger partial charge in [0.2, 0.25) is 0 Å². The summed E-state index contributed by atoms with van der Waals surface area (Å²) in [5.41, 5.74) is 5.58. The highest BCUT2D eigenvalue weighted by Gasteiger charge is 2.10. The number of anilines is 1. The Hall–Kier alpha value is -1.19. The largest absolute Gasteiger partial charge is 0.462 e. The third kappa shape index (κ3) is 2.37. The molecule has 4 nitrogen and oxygen atoms in total. The third-order valence-corrected chi connectivity index (χ3v) is 1.61. The summed E-state index contributed by atoms with van der Waals surface area (Å²) in [6.07, 6.45) is 1.92. The first kappa shape index (κ1) is 9.89. The van der Waals surface area contributed by atoms with Gasteiger partial charge in [-0.3, -0.25) is 4.57 Å². The van der Waals surface area contributed by atoms with E-state index in [0.717, 1.165) is 0 Å². The van der Waals surface area contributed by atoms with Crippen molar-refractivity contribution >= 4 is 5.82 Å². The molecule has 74 valence electrons. The van der Waals surface area contributed by atoms with Gasteiger partial charge in [-0.15, -0.1) is 0 Å². The smallest absolute Gasteiger partial charge is 0.298 e. The van der Waals surface area contributed by atoms with Crippen molar-refractivity contribution in [1.82, 2.24) is 9.55 Å². The summed E-state index contributed by atoms with van der Waals surface area (Å²) in [6.45, 7) is 8.06.